The normalized spacial score (nSPS) is 10.4. The van der Waals surface area contributed by atoms with Crippen LogP contribution in [-0.4, -0.2) is 30.4 Å². The lowest BCUT2D eigenvalue weighted by Crippen LogP contribution is -2.37. The van der Waals surface area contributed by atoms with Crippen LogP contribution in [-0.2, 0) is 0 Å². The van der Waals surface area contributed by atoms with Crippen LogP contribution in [0.15, 0.2) is 24.3 Å². The molecule has 0 aliphatic heterocycles. The van der Waals surface area contributed by atoms with Gasteiger partial charge < -0.3 is 10.6 Å². The quantitative estimate of drug-likeness (QED) is 0.846. The number of nitrogens with two attached hydrogens (primary N) is 1. The molecule has 21 heavy (non-hydrogen) atoms. The molecule has 0 saturated carbocycles. The molecule has 0 atom stereocenters. The smallest absolute Gasteiger partial charge is 0.253 e. The van der Waals surface area contributed by atoms with Crippen molar-refractivity contribution >= 4 is 5.91 Å². The van der Waals surface area contributed by atoms with Crippen LogP contribution >= 0.6 is 0 Å². The van der Waals surface area contributed by atoms with Gasteiger partial charge in [0.1, 0.15) is 0 Å². The average Bonchev–Trinajstić information content (AvgIpc) is 2.43. The second-order valence-corrected chi connectivity index (χ2v) is 6.08. The molecule has 0 aliphatic rings. The van der Waals surface area contributed by atoms with Crippen LogP contribution in [0.2, 0.25) is 0 Å². The molecule has 1 amide bonds. The summed E-state index contributed by atoms with van der Waals surface area (Å²) in [5.41, 5.74) is 6.96. The maximum Gasteiger partial charge on any atom is 0.253 e. The zero-order valence-corrected chi connectivity index (χ0v) is 13.5. The van der Waals surface area contributed by atoms with E-state index in [1.165, 1.54) is 0 Å². The summed E-state index contributed by atoms with van der Waals surface area (Å²) in [4.78, 5) is 14.6. The predicted octanol–water partition coefficient (Wildman–Crippen LogP) is 2.75. The Morgan fingerprint density at radius 2 is 1.62 bits per heavy atom. The molecule has 2 N–H and O–H groups in total. The molecule has 1 aromatic carbocycles. The molecule has 0 saturated heterocycles. The second kappa shape index (κ2) is 8.49. The summed E-state index contributed by atoms with van der Waals surface area (Å²) >= 11 is 0. The average molecular weight is 286 g/mol. The lowest BCUT2D eigenvalue weighted by molar-refractivity contribution is 0.0715. The van der Waals surface area contributed by atoms with Gasteiger partial charge in [-0.2, -0.15) is 0 Å². The van der Waals surface area contributed by atoms with Gasteiger partial charge in [-0.3, -0.25) is 4.79 Å². The van der Waals surface area contributed by atoms with Crippen molar-refractivity contribution in [2.45, 2.75) is 27.7 Å². The Hall–Kier alpha value is -1.79. The Morgan fingerprint density at radius 3 is 2.05 bits per heavy atom. The van der Waals surface area contributed by atoms with Gasteiger partial charge in [-0.05, 0) is 36.1 Å². The minimum atomic E-state index is 0.0933. The van der Waals surface area contributed by atoms with E-state index in [9.17, 15) is 4.79 Å². The van der Waals surface area contributed by atoms with E-state index in [4.69, 9.17) is 5.73 Å². The third-order valence-electron chi connectivity index (χ3n) is 2.92. The first-order valence-electron chi connectivity index (χ1n) is 7.52. The molecule has 3 heteroatoms. The van der Waals surface area contributed by atoms with E-state index in [0.717, 1.165) is 24.2 Å². The summed E-state index contributed by atoms with van der Waals surface area (Å²) in [5.74, 6) is 6.79. The molecule has 1 rings (SSSR count). The molecule has 0 aliphatic carbocycles. The zero-order valence-electron chi connectivity index (χ0n) is 13.5. The number of rotatable bonds is 5. The molecule has 0 radical (unpaired) electrons. The summed E-state index contributed by atoms with van der Waals surface area (Å²) in [6, 6.07) is 7.44. The van der Waals surface area contributed by atoms with Gasteiger partial charge >= 0.3 is 0 Å². The largest absolute Gasteiger partial charge is 0.338 e. The van der Waals surface area contributed by atoms with Crippen molar-refractivity contribution in [2.75, 3.05) is 19.6 Å². The van der Waals surface area contributed by atoms with Gasteiger partial charge in [0.15, 0.2) is 0 Å². The minimum absolute atomic E-state index is 0.0933. The summed E-state index contributed by atoms with van der Waals surface area (Å²) in [7, 11) is 0. The van der Waals surface area contributed by atoms with E-state index in [1.54, 1.807) is 0 Å². The van der Waals surface area contributed by atoms with Gasteiger partial charge in [-0.15, -0.1) is 0 Å². The summed E-state index contributed by atoms with van der Waals surface area (Å²) in [6.07, 6.45) is 0. The Bertz CT molecular complexity index is 496. The first-order chi connectivity index (χ1) is 9.93. The van der Waals surface area contributed by atoms with Crippen LogP contribution < -0.4 is 5.73 Å². The van der Waals surface area contributed by atoms with Crippen LogP contribution in [0.3, 0.4) is 0 Å². The van der Waals surface area contributed by atoms with Crippen LogP contribution in [0.1, 0.15) is 43.6 Å². The van der Waals surface area contributed by atoms with E-state index >= 15 is 0 Å². The van der Waals surface area contributed by atoms with E-state index in [0.29, 0.717) is 18.4 Å². The van der Waals surface area contributed by atoms with Crippen molar-refractivity contribution in [2.24, 2.45) is 17.6 Å². The van der Waals surface area contributed by atoms with Crippen LogP contribution in [0.5, 0.6) is 0 Å². The monoisotopic (exact) mass is 286 g/mol. The summed E-state index contributed by atoms with van der Waals surface area (Å²) < 4.78 is 0. The number of benzene rings is 1. The fourth-order valence-electron chi connectivity index (χ4n) is 2.15. The fourth-order valence-corrected chi connectivity index (χ4v) is 2.15. The lowest BCUT2D eigenvalue weighted by atomic mass is 10.1. The van der Waals surface area contributed by atoms with E-state index in [-0.39, 0.29) is 5.91 Å². The maximum atomic E-state index is 12.6. The molecule has 3 nitrogen and oxygen atoms in total. The van der Waals surface area contributed by atoms with Gasteiger partial charge in [0.2, 0.25) is 0 Å². The number of carbonyl (C=O) groups excluding carboxylic acids is 1. The number of hydrogen-bond acceptors (Lipinski definition) is 2. The molecule has 0 bridgehead atoms. The summed E-state index contributed by atoms with van der Waals surface area (Å²) in [6.45, 7) is 10.4. The van der Waals surface area contributed by atoms with E-state index in [1.807, 2.05) is 29.2 Å². The topological polar surface area (TPSA) is 46.3 Å². The van der Waals surface area contributed by atoms with Gasteiger partial charge in [-0.1, -0.05) is 39.5 Å². The standard InChI is InChI=1S/C18H26N2O/c1-14(2)12-20(13-15(3)4)18(21)17-9-7-16(8-10-17)6-5-11-19/h7-10,14-15H,11-13,19H2,1-4H3. The van der Waals surface area contributed by atoms with Crippen molar-refractivity contribution in [3.05, 3.63) is 35.4 Å². The van der Waals surface area contributed by atoms with Crippen molar-refractivity contribution in [1.29, 1.82) is 0 Å². The third kappa shape index (κ3) is 6.01. The molecular formula is C18H26N2O. The molecule has 0 aromatic heterocycles. The number of nitrogens with zero attached hydrogens (tertiary/aromatic N) is 1. The first kappa shape index (κ1) is 17.3. The SMILES string of the molecule is CC(C)CN(CC(C)C)C(=O)c1ccc(C#CCN)cc1. The van der Waals surface area contributed by atoms with Crippen molar-refractivity contribution < 1.29 is 4.79 Å². The van der Waals surface area contributed by atoms with Crippen LogP contribution in [0, 0.1) is 23.7 Å². The van der Waals surface area contributed by atoms with E-state index < -0.39 is 0 Å². The van der Waals surface area contributed by atoms with Crippen LogP contribution in [0.25, 0.3) is 0 Å². The van der Waals surface area contributed by atoms with Gasteiger partial charge in [0.25, 0.3) is 5.91 Å². The van der Waals surface area contributed by atoms with Gasteiger partial charge in [-0.25, -0.2) is 0 Å². The Balaban J connectivity index is 2.87. The lowest BCUT2D eigenvalue weighted by Gasteiger charge is -2.26. The number of carbonyl (C=O) groups is 1. The molecule has 114 valence electrons. The van der Waals surface area contributed by atoms with Gasteiger partial charge in [0.05, 0.1) is 6.54 Å². The van der Waals surface area contributed by atoms with E-state index in [2.05, 4.69) is 39.5 Å². The molecule has 0 unspecified atom stereocenters. The zero-order chi connectivity index (χ0) is 15.8. The molecular weight excluding hydrogens is 260 g/mol. The second-order valence-electron chi connectivity index (χ2n) is 6.08. The highest BCUT2D eigenvalue weighted by Crippen LogP contribution is 2.11. The highest BCUT2D eigenvalue weighted by Gasteiger charge is 2.17. The van der Waals surface area contributed by atoms with Gasteiger partial charge in [0, 0.05) is 24.2 Å². The number of amides is 1. The molecule has 0 heterocycles. The molecule has 0 spiro atoms. The highest BCUT2D eigenvalue weighted by atomic mass is 16.2. The third-order valence-corrected chi connectivity index (χ3v) is 2.92. The Morgan fingerprint density at radius 1 is 1.10 bits per heavy atom. The first-order valence-corrected chi connectivity index (χ1v) is 7.52. The Labute approximate surface area is 128 Å². The Kier molecular flexibility index (Phi) is 6.98. The molecule has 1 aromatic rings. The molecule has 0 fully saturated rings. The summed E-state index contributed by atoms with van der Waals surface area (Å²) in [5, 5.41) is 0. The predicted molar refractivity (Wildman–Crippen MR) is 88.0 cm³/mol. The fraction of sp³-hybridized carbons (Fsp3) is 0.500. The highest BCUT2D eigenvalue weighted by molar-refractivity contribution is 5.94. The minimum Gasteiger partial charge on any atom is -0.338 e. The van der Waals surface area contributed by atoms with Crippen molar-refractivity contribution in [3.63, 3.8) is 0 Å². The maximum absolute atomic E-state index is 12.6. The number of hydrogen-bond donors (Lipinski definition) is 1. The van der Waals surface area contributed by atoms with Crippen LogP contribution in [0.4, 0.5) is 0 Å². The van der Waals surface area contributed by atoms with Crippen molar-refractivity contribution in [3.8, 4) is 11.8 Å². The van der Waals surface area contributed by atoms with Crippen molar-refractivity contribution in [1.82, 2.24) is 4.90 Å².